The molecule has 1 aliphatic heterocycles. The third-order valence-electron chi connectivity index (χ3n) is 4.00. The summed E-state index contributed by atoms with van der Waals surface area (Å²) in [5, 5.41) is 0. The van der Waals surface area contributed by atoms with Gasteiger partial charge in [0.15, 0.2) is 0 Å². The van der Waals surface area contributed by atoms with Crippen LogP contribution in [0.25, 0.3) is 5.65 Å². The molecular weight excluding hydrogens is 348 g/mol. The fourth-order valence-electron chi connectivity index (χ4n) is 2.82. The number of rotatable bonds is 2. The normalized spacial score (nSPS) is 15.4. The van der Waals surface area contributed by atoms with E-state index in [0.717, 1.165) is 27.8 Å². The van der Waals surface area contributed by atoms with Crippen molar-refractivity contribution >= 4 is 33.9 Å². The summed E-state index contributed by atoms with van der Waals surface area (Å²) in [4.78, 5) is 31.6. The molecule has 0 saturated carbocycles. The quantitative estimate of drug-likeness (QED) is 0.761. The van der Waals surface area contributed by atoms with E-state index in [1.807, 2.05) is 30.5 Å². The molecule has 1 saturated heterocycles. The minimum atomic E-state index is -0.0342. The van der Waals surface area contributed by atoms with E-state index >= 15 is 0 Å². The summed E-state index contributed by atoms with van der Waals surface area (Å²) in [5.74, 6) is -0.0342. The molecule has 2 aromatic rings. The topological polar surface area (TPSA) is 57.9 Å². The summed E-state index contributed by atoms with van der Waals surface area (Å²) in [7, 11) is 0. The highest BCUT2D eigenvalue weighted by Gasteiger charge is 2.26. The van der Waals surface area contributed by atoms with Gasteiger partial charge in [0.05, 0.1) is 5.69 Å². The fourth-order valence-corrected chi connectivity index (χ4v) is 3.37. The average molecular weight is 365 g/mol. The standard InChI is InChI=1S/C15H17BrN4O2/c1-10-7-12(16)8-20-13(11(2)17-14(10)20)15(22)19-5-3-18(9-21)4-6-19/h7-9H,3-6H2,1-2H3. The van der Waals surface area contributed by atoms with Gasteiger partial charge < -0.3 is 9.80 Å². The van der Waals surface area contributed by atoms with Crippen LogP contribution in [0, 0.1) is 13.8 Å². The number of aromatic nitrogens is 2. The Bertz CT molecular complexity index is 748. The van der Waals surface area contributed by atoms with Crippen molar-refractivity contribution in [2.45, 2.75) is 13.8 Å². The second-order valence-corrected chi connectivity index (χ2v) is 6.43. The Balaban J connectivity index is 1.98. The number of halogens is 1. The van der Waals surface area contributed by atoms with Crippen molar-refractivity contribution in [3.63, 3.8) is 0 Å². The Morgan fingerprint density at radius 3 is 2.59 bits per heavy atom. The van der Waals surface area contributed by atoms with Crippen molar-refractivity contribution < 1.29 is 9.59 Å². The zero-order valence-electron chi connectivity index (χ0n) is 12.5. The van der Waals surface area contributed by atoms with Crippen molar-refractivity contribution in [3.8, 4) is 0 Å². The molecule has 7 heteroatoms. The highest BCUT2D eigenvalue weighted by Crippen LogP contribution is 2.21. The van der Waals surface area contributed by atoms with Crippen molar-refractivity contribution in [1.82, 2.24) is 19.2 Å². The van der Waals surface area contributed by atoms with Crippen LogP contribution in [0.3, 0.4) is 0 Å². The van der Waals surface area contributed by atoms with Gasteiger partial charge in [-0.25, -0.2) is 4.98 Å². The highest BCUT2D eigenvalue weighted by molar-refractivity contribution is 9.10. The Morgan fingerprint density at radius 2 is 1.95 bits per heavy atom. The molecule has 3 heterocycles. The minimum absolute atomic E-state index is 0.0342. The molecule has 0 bridgehead atoms. The molecular formula is C15H17BrN4O2. The predicted molar refractivity (Wildman–Crippen MR) is 85.9 cm³/mol. The van der Waals surface area contributed by atoms with E-state index in [1.54, 1.807) is 9.80 Å². The number of carbonyl (C=O) groups is 2. The van der Waals surface area contributed by atoms with Crippen molar-refractivity contribution in [2.75, 3.05) is 26.2 Å². The lowest BCUT2D eigenvalue weighted by Gasteiger charge is -2.32. The number of aryl methyl sites for hydroxylation is 2. The smallest absolute Gasteiger partial charge is 0.272 e. The average Bonchev–Trinajstić information content (AvgIpc) is 2.83. The molecule has 0 radical (unpaired) electrons. The third kappa shape index (κ3) is 2.49. The van der Waals surface area contributed by atoms with Crippen LogP contribution in [0.5, 0.6) is 0 Å². The van der Waals surface area contributed by atoms with Crippen LogP contribution in [0.15, 0.2) is 16.7 Å². The van der Waals surface area contributed by atoms with Gasteiger partial charge in [-0.3, -0.25) is 14.0 Å². The number of nitrogens with zero attached hydrogens (tertiary/aromatic N) is 4. The summed E-state index contributed by atoms with van der Waals surface area (Å²) in [5.41, 5.74) is 3.14. The number of imidazole rings is 1. The zero-order chi connectivity index (χ0) is 15.9. The van der Waals surface area contributed by atoms with Crippen molar-refractivity contribution in [3.05, 3.63) is 33.7 Å². The molecule has 0 unspecified atom stereocenters. The van der Waals surface area contributed by atoms with E-state index in [9.17, 15) is 9.59 Å². The lowest BCUT2D eigenvalue weighted by Crippen LogP contribution is -2.48. The Labute approximate surface area is 136 Å². The number of fused-ring (bicyclic) bond motifs is 1. The van der Waals surface area contributed by atoms with Crippen LogP contribution in [-0.4, -0.2) is 57.7 Å². The first-order valence-electron chi connectivity index (χ1n) is 7.14. The van der Waals surface area contributed by atoms with Crippen molar-refractivity contribution in [2.24, 2.45) is 0 Å². The van der Waals surface area contributed by atoms with Gasteiger partial charge in [0.1, 0.15) is 11.3 Å². The third-order valence-corrected chi connectivity index (χ3v) is 4.43. The second-order valence-electron chi connectivity index (χ2n) is 5.51. The van der Waals surface area contributed by atoms with Crippen LogP contribution in [0.1, 0.15) is 21.7 Å². The molecule has 0 aromatic carbocycles. The van der Waals surface area contributed by atoms with Crippen LogP contribution in [-0.2, 0) is 4.79 Å². The second kappa shape index (κ2) is 5.72. The molecule has 3 rings (SSSR count). The maximum absolute atomic E-state index is 12.9. The molecule has 0 atom stereocenters. The maximum atomic E-state index is 12.9. The minimum Gasteiger partial charge on any atom is -0.342 e. The Hall–Kier alpha value is -1.89. The molecule has 0 spiro atoms. The van der Waals surface area contributed by atoms with Gasteiger partial charge in [-0.05, 0) is 41.4 Å². The van der Waals surface area contributed by atoms with Gasteiger partial charge in [0.2, 0.25) is 6.41 Å². The Kier molecular flexibility index (Phi) is 3.90. The van der Waals surface area contributed by atoms with Gasteiger partial charge in [-0.2, -0.15) is 0 Å². The number of piperazine rings is 1. The lowest BCUT2D eigenvalue weighted by atomic mass is 10.2. The van der Waals surface area contributed by atoms with E-state index < -0.39 is 0 Å². The number of pyridine rings is 1. The van der Waals surface area contributed by atoms with Crippen LogP contribution in [0.2, 0.25) is 0 Å². The lowest BCUT2D eigenvalue weighted by molar-refractivity contribution is -0.119. The number of hydrogen-bond acceptors (Lipinski definition) is 3. The summed E-state index contributed by atoms with van der Waals surface area (Å²) >= 11 is 3.47. The monoisotopic (exact) mass is 364 g/mol. The van der Waals surface area contributed by atoms with Crippen LogP contribution < -0.4 is 0 Å². The Morgan fingerprint density at radius 1 is 1.27 bits per heavy atom. The fraction of sp³-hybridized carbons (Fsp3) is 0.400. The largest absolute Gasteiger partial charge is 0.342 e. The maximum Gasteiger partial charge on any atom is 0.272 e. The number of hydrogen-bond donors (Lipinski definition) is 0. The molecule has 2 amide bonds. The van der Waals surface area contributed by atoms with Crippen molar-refractivity contribution in [1.29, 1.82) is 0 Å². The van der Waals surface area contributed by atoms with E-state index in [4.69, 9.17) is 0 Å². The molecule has 2 aromatic heterocycles. The zero-order valence-corrected chi connectivity index (χ0v) is 14.1. The van der Waals surface area contributed by atoms with Gasteiger partial charge >= 0.3 is 0 Å². The summed E-state index contributed by atoms with van der Waals surface area (Å²) in [6.45, 7) is 6.09. The molecule has 6 nitrogen and oxygen atoms in total. The molecule has 1 aliphatic rings. The molecule has 116 valence electrons. The first kappa shape index (κ1) is 15.0. The predicted octanol–water partition coefficient (Wildman–Crippen LogP) is 1.63. The summed E-state index contributed by atoms with van der Waals surface area (Å²) < 4.78 is 2.76. The van der Waals surface area contributed by atoms with Gasteiger partial charge in [0.25, 0.3) is 5.91 Å². The number of amides is 2. The number of carbonyl (C=O) groups excluding carboxylic acids is 2. The summed E-state index contributed by atoms with van der Waals surface area (Å²) in [6.07, 6.45) is 2.71. The SMILES string of the molecule is Cc1nc2c(C)cc(Br)cn2c1C(=O)N1CCN(C=O)CC1. The highest BCUT2D eigenvalue weighted by atomic mass is 79.9. The van der Waals surface area contributed by atoms with Crippen LogP contribution >= 0.6 is 15.9 Å². The van der Waals surface area contributed by atoms with E-state index in [1.165, 1.54) is 0 Å². The summed E-state index contributed by atoms with van der Waals surface area (Å²) in [6, 6.07) is 1.99. The molecule has 1 fully saturated rings. The first-order valence-corrected chi connectivity index (χ1v) is 7.94. The van der Waals surface area contributed by atoms with E-state index in [2.05, 4.69) is 20.9 Å². The van der Waals surface area contributed by atoms with Gasteiger partial charge in [0, 0.05) is 36.8 Å². The van der Waals surface area contributed by atoms with Crippen LogP contribution in [0.4, 0.5) is 0 Å². The molecule has 0 N–H and O–H groups in total. The van der Waals surface area contributed by atoms with E-state index in [0.29, 0.717) is 31.9 Å². The molecule has 22 heavy (non-hydrogen) atoms. The first-order chi connectivity index (χ1) is 10.5. The molecule has 0 aliphatic carbocycles. The van der Waals surface area contributed by atoms with E-state index in [-0.39, 0.29) is 5.91 Å². The van der Waals surface area contributed by atoms with Gasteiger partial charge in [-0.1, -0.05) is 0 Å². The van der Waals surface area contributed by atoms with Gasteiger partial charge in [-0.15, -0.1) is 0 Å².